The quantitative estimate of drug-likeness (QED) is 0.836. The Balaban J connectivity index is 2.59. The second kappa shape index (κ2) is 5.41. The van der Waals surface area contributed by atoms with E-state index >= 15 is 0 Å². The van der Waals surface area contributed by atoms with Crippen LogP contribution in [-0.4, -0.2) is 24.4 Å². The van der Waals surface area contributed by atoms with Crippen LogP contribution < -0.4 is 10.5 Å². The molecule has 0 radical (unpaired) electrons. The molecule has 1 unspecified atom stereocenters. The summed E-state index contributed by atoms with van der Waals surface area (Å²) in [6.45, 7) is 0.100. The van der Waals surface area contributed by atoms with Gasteiger partial charge in [-0.15, -0.1) is 0 Å². The van der Waals surface area contributed by atoms with Crippen LogP contribution in [0, 0.1) is 0 Å². The molecule has 1 aromatic carbocycles. The van der Waals surface area contributed by atoms with Crippen LogP contribution in [0.2, 0.25) is 10.0 Å². The van der Waals surface area contributed by atoms with Crippen LogP contribution in [0.15, 0.2) is 18.2 Å². The van der Waals surface area contributed by atoms with Crippen LogP contribution in [0.1, 0.15) is 0 Å². The Morgan fingerprint density at radius 1 is 1.43 bits per heavy atom. The van der Waals surface area contributed by atoms with Gasteiger partial charge in [-0.2, -0.15) is 0 Å². The summed E-state index contributed by atoms with van der Waals surface area (Å²) in [7, 11) is 0. The highest BCUT2D eigenvalue weighted by Crippen LogP contribution is 2.27. The molecular formula is C9H11Cl2NO2. The van der Waals surface area contributed by atoms with Gasteiger partial charge in [0.1, 0.15) is 12.4 Å². The second-order valence-corrected chi connectivity index (χ2v) is 3.67. The summed E-state index contributed by atoms with van der Waals surface area (Å²) >= 11 is 11.5. The van der Waals surface area contributed by atoms with Crippen molar-refractivity contribution in [1.29, 1.82) is 0 Å². The van der Waals surface area contributed by atoms with Gasteiger partial charge >= 0.3 is 0 Å². The molecule has 1 aromatic rings. The lowest BCUT2D eigenvalue weighted by Crippen LogP contribution is -2.31. The van der Waals surface area contributed by atoms with Crippen molar-refractivity contribution in [3.63, 3.8) is 0 Å². The average Bonchev–Trinajstić information content (AvgIpc) is 2.16. The minimum absolute atomic E-state index is 0.120. The molecule has 3 N–H and O–H groups in total. The lowest BCUT2D eigenvalue weighted by Gasteiger charge is -2.11. The minimum atomic E-state index is -0.401. The Labute approximate surface area is 92.4 Å². The van der Waals surface area contributed by atoms with Gasteiger partial charge in [0.15, 0.2) is 0 Å². The Hall–Kier alpha value is -0.480. The zero-order chi connectivity index (χ0) is 10.6. The molecule has 0 spiro atoms. The topological polar surface area (TPSA) is 55.5 Å². The van der Waals surface area contributed by atoms with Gasteiger partial charge in [0.2, 0.25) is 0 Å². The molecule has 1 atom stereocenters. The van der Waals surface area contributed by atoms with Gasteiger partial charge in [0.25, 0.3) is 0 Å². The highest BCUT2D eigenvalue weighted by molar-refractivity contribution is 6.35. The number of hydrogen-bond acceptors (Lipinski definition) is 3. The first-order valence-corrected chi connectivity index (χ1v) is 4.83. The first-order chi connectivity index (χ1) is 6.63. The van der Waals surface area contributed by atoms with Gasteiger partial charge in [-0.05, 0) is 18.2 Å². The van der Waals surface area contributed by atoms with Crippen LogP contribution in [0.25, 0.3) is 0 Å². The van der Waals surface area contributed by atoms with Crippen molar-refractivity contribution in [2.24, 2.45) is 5.73 Å². The highest BCUT2D eigenvalue weighted by Gasteiger charge is 2.05. The number of rotatable bonds is 4. The monoisotopic (exact) mass is 235 g/mol. The summed E-state index contributed by atoms with van der Waals surface area (Å²) in [5.41, 5.74) is 5.46. The fourth-order valence-corrected chi connectivity index (χ4v) is 1.30. The zero-order valence-electron chi connectivity index (χ0n) is 7.41. The van der Waals surface area contributed by atoms with Gasteiger partial charge in [0, 0.05) is 5.02 Å². The van der Waals surface area contributed by atoms with E-state index in [1.807, 2.05) is 0 Å². The van der Waals surface area contributed by atoms with E-state index in [4.69, 9.17) is 38.8 Å². The summed E-state index contributed by atoms with van der Waals surface area (Å²) in [5.74, 6) is 0.514. The third-order valence-corrected chi connectivity index (χ3v) is 2.11. The normalized spacial score (nSPS) is 12.6. The molecule has 0 aliphatic carbocycles. The molecule has 0 saturated carbocycles. The molecule has 0 heterocycles. The molecule has 0 aromatic heterocycles. The summed E-state index contributed by atoms with van der Waals surface area (Å²) < 4.78 is 5.27. The lowest BCUT2D eigenvalue weighted by molar-refractivity contribution is 0.206. The van der Waals surface area contributed by atoms with Crippen molar-refractivity contribution < 1.29 is 9.84 Å². The number of aliphatic hydroxyl groups is 1. The standard InChI is InChI=1S/C9H11Cl2NO2/c10-6-1-2-9(8(11)3-6)14-5-7(12)4-13/h1-3,7,13H,4-5,12H2. The van der Waals surface area contributed by atoms with Crippen molar-refractivity contribution >= 4 is 23.2 Å². The Kier molecular flexibility index (Phi) is 4.48. The lowest BCUT2D eigenvalue weighted by atomic mass is 10.3. The molecule has 0 amide bonds. The smallest absolute Gasteiger partial charge is 0.138 e. The van der Waals surface area contributed by atoms with E-state index in [2.05, 4.69) is 0 Å². The van der Waals surface area contributed by atoms with E-state index < -0.39 is 6.04 Å². The molecule has 78 valence electrons. The van der Waals surface area contributed by atoms with Crippen molar-refractivity contribution in [1.82, 2.24) is 0 Å². The number of nitrogens with two attached hydrogens (primary N) is 1. The Morgan fingerprint density at radius 3 is 2.71 bits per heavy atom. The first kappa shape index (κ1) is 11.6. The van der Waals surface area contributed by atoms with Crippen molar-refractivity contribution in [2.45, 2.75) is 6.04 Å². The van der Waals surface area contributed by atoms with Gasteiger partial charge in [-0.3, -0.25) is 0 Å². The summed E-state index contributed by atoms with van der Waals surface area (Å²) in [4.78, 5) is 0. The minimum Gasteiger partial charge on any atom is -0.490 e. The molecule has 0 aliphatic heterocycles. The van der Waals surface area contributed by atoms with Crippen LogP contribution in [0.5, 0.6) is 5.75 Å². The molecular weight excluding hydrogens is 225 g/mol. The van der Waals surface area contributed by atoms with Crippen LogP contribution in [0.3, 0.4) is 0 Å². The van der Waals surface area contributed by atoms with Crippen molar-refractivity contribution in [3.05, 3.63) is 28.2 Å². The van der Waals surface area contributed by atoms with E-state index in [0.29, 0.717) is 15.8 Å². The molecule has 1 rings (SSSR count). The molecule has 3 nitrogen and oxygen atoms in total. The predicted molar refractivity (Wildman–Crippen MR) is 57.0 cm³/mol. The van der Waals surface area contributed by atoms with Crippen LogP contribution in [-0.2, 0) is 0 Å². The van der Waals surface area contributed by atoms with E-state index in [0.717, 1.165) is 0 Å². The average molecular weight is 236 g/mol. The van der Waals surface area contributed by atoms with Crippen LogP contribution in [0.4, 0.5) is 0 Å². The maximum Gasteiger partial charge on any atom is 0.138 e. The first-order valence-electron chi connectivity index (χ1n) is 4.07. The second-order valence-electron chi connectivity index (χ2n) is 2.83. The van der Waals surface area contributed by atoms with Crippen molar-refractivity contribution in [2.75, 3.05) is 13.2 Å². The number of halogens is 2. The zero-order valence-corrected chi connectivity index (χ0v) is 8.92. The summed E-state index contributed by atoms with van der Waals surface area (Å²) in [5, 5.41) is 9.65. The van der Waals surface area contributed by atoms with E-state index in [-0.39, 0.29) is 13.2 Å². The van der Waals surface area contributed by atoms with E-state index in [1.54, 1.807) is 18.2 Å². The molecule has 14 heavy (non-hydrogen) atoms. The van der Waals surface area contributed by atoms with Crippen LogP contribution >= 0.6 is 23.2 Å². The fraction of sp³-hybridized carbons (Fsp3) is 0.333. The Morgan fingerprint density at radius 2 is 2.14 bits per heavy atom. The third kappa shape index (κ3) is 3.35. The molecule has 0 bridgehead atoms. The molecule has 0 aliphatic rings. The fourth-order valence-electron chi connectivity index (χ4n) is 0.842. The largest absolute Gasteiger partial charge is 0.490 e. The molecule has 0 fully saturated rings. The predicted octanol–water partition coefficient (Wildman–Crippen LogP) is 1.69. The van der Waals surface area contributed by atoms with E-state index in [1.165, 1.54) is 0 Å². The maximum absolute atomic E-state index is 8.67. The number of ether oxygens (including phenoxy) is 1. The van der Waals surface area contributed by atoms with Gasteiger partial charge in [-0.25, -0.2) is 0 Å². The van der Waals surface area contributed by atoms with Gasteiger partial charge in [0.05, 0.1) is 17.7 Å². The van der Waals surface area contributed by atoms with Crippen molar-refractivity contribution in [3.8, 4) is 5.75 Å². The summed E-state index contributed by atoms with van der Waals surface area (Å²) in [6.07, 6.45) is 0. The van der Waals surface area contributed by atoms with E-state index in [9.17, 15) is 0 Å². The number of aliphatic hydroxyl groups excluding tert-OH is 1. The summed E-state index contributed by atoms with van der Waals surface area (Å²) in [6, 6.07) is 4.52. The number of hydrogen-bond donors (Lipinski definition) is 2. The Bertz CT molecular complexity index is 307. The van der Waals surface area contributed by atoms with Gasteiger partial charge in [-0.1, -0.05) is 23.2 Å². The number of benzene rings is 1. The van der Waals surface area contributed by atoms with Gasteiger partial charge < -0.3 is 15.6 Å². The third-order valence-electron chi connectivity index (χ3n) is 1.58. The molecule has 0 saturated heterocycles. The SMILES string of the molecule is NC(CO)COc1ccc(Cl)cc1Cl. The highest BCUT2D eigenvalue weighted by atomic mass is 35.5. The maximum atomic E-state index is 8.67. The molecule has 5 heteroatoms.